The van der Waals surface area contributed by atoms with E-state index in [9.17, 15) is 0 Å². The maximum atomic E-state index is 5.64. The van der Waals surface area contributed by atoms with Crippen LogP contribution in [-0.2, 0) is 6.42 Å². The number of anilines is 1. The third-order valence-electron chi connectivity index (χ3n) is 3.39. The molecule has 3 aromatic rings. The van der Waals surface area contributed by atoms with Gasteiger partial charge in [0.15, 0.2) is 0 Å². The van der Waals surface area contributed by atoms with Crippen molar-refractivity contribution in [2.45, 2.75) is 20.3 Å². The van der Waals surface area contributed by atoms with Crippen molar-refractivity contribution in [1.29, 1.82) is 0 Å². The summed E-state index contributed by atoms with van der Waals surface area (Å²) < 4.78 is 5.64. The zero-order chi connectivity index (χ0) is 17.2. The predicted octanol–water partition coefficient (Wildman–Crippen LogP) is 5.67. The minimum atomic E-state index is 0.722. The number of nitrogens with one attached hydrogen (secondary N) is 1. The smallest absolute Gasteiger partial charge is 0.226 e. The molecule has 0 saturated carbocycles. The van der Waals surface area contributed by atoms with E-state index in [0.717, 1.165) is 35.0 Å². The SMILES string of the molecule is C1=Cc2nc(-c3ccccc3)oc2C1.CC.CNc1ccccc1. The standard InChI is InChI=1S/C12H9NO.C7H9N.C2H6/c1-2-5-9(6-3-1)12-13-10-7-4-8-11(10)14-12;1-8-7-5-3-2-4-6-7;1-2/h1-7H,8H2;2-6,8H,1H3;1-2H3. The first-order valence-electron chi connectivity index (χ1n) is 8.31. The zero-order valence-corrected chi connectivity index (χ0v) is 14.5. The quantitative estimate of drug-likeness (QED) is 0.661. The molecule has 0 unspecified atom stereocenters. The average molecular weight is 320 g/mol. The van der Waals surface area contributed by atoms with Crippen LogP contribution in [0.2, 0.25) is 0 Å². The Morgan fingerprint density at radius 2 is 1.54 bits per heavy atom. The van der Waals surface area contributed by atoms with Gasteiger partial charge in [0, 0.05) is 24.7 Å². The van der Waals surface area contributed by atoms with Crippen LogP contribution >= 0.6 is 0 Å². The summed E-state index contributed by atoms with van der Waals surface area (Å²) in [7, 11) is 1.91. The number of allylic oxidation sites excluding steroid dienone is 1. The Kier molecular flexibility index (Phi) is 6.84. The number of hydrogen-bond acceptors (Lipinski definition) is 3. The molecule has 0 atom stereocenters. The fourth-order valence-corrected chi connectivity index (χ4v) is 2.23. The first kappa shape index (κ1) is 17.5. The van der Waals surface area contributed by atoms with Gasteiger partial charge in [-0.1, -0.05) is 56.3 Å². The molecule has 1 aliphatic carbocycles. The highest BCUT2D eigenvalue weighted by Crippen LogP contribution is 2.26. The lowest BCUT2D eigenvalue weighted by atomic mass is 10.2. The lowest BCUT2D eigenvalue weighted by Gasteiger charge is -1.94. The molecule has 0 saturated heterocycles. The summed E-state index contributed by atoms with van der Waals surface area (Å²) in [5.41, 5.74) is 3.17. The van der Waals surface area contributed by atoms with Crippen molar-refractivity contribution >= 4 is 11.8 Å². The van der Waals surface area contributed by atoms with Crippen molar-refractivity contribution < 1.29 is 4.42 Å². The molecule has 0 bridgehead atoms. The van der Waals surface area contributed by atoms with Crippen molar-refractivity contribution in [2.75, 3.05) is 12.4 Å². The number of fused-ring (bicyclic) bond motifs is 1. The number of nitrogens with zero attached hydrogens (tertiary/aromatic N) is 1. The number of para-hydroxylation sites is 1. The van der Waals surface area contributed by atoms with Gasteiger partial charge in [0.2, 0.25) is 5.89 Å². The van der Waals surface area contributed by atoms with Crippen molar-refractivity contribution in [3.63, 3.8) is 0 Å². The van der Waals surface area contributed by atoms with Crippen LogP contribution < -0.4 is 5.32 Å². The van der Waals surface area contributed by atoms with Crippen LogP contribution in [-0.4, -0.2) is 12.0 Å². The highest BCUT2D eigenvalue weighted by Gasteiger charge is 2.14. The Hall–Kier alpha value is -2.81. The van der Waals surface area contributed by atoms with E-state index >= 15 is 0 Å². The van der Waals surface area contributed by atoms with Gasteiger partial charge >= 0.3 is 0 Å². The summed E-state index contributed by atoms with van der Waals surface area (Å²) in [6.45, 7) is 4.00. The lowest BCUT2D eigenvalue weighted by Crippen LogP contribution is -1.84. The van der Waals surface area contributed by atoms with E-state index in [1.807, 2.05) is 87.6 Å². The Labute approximate surface area is 144 Å². The molecule has 0 amide bonds. The van der Waals surface area contributed by atoms with Gasteiger partial charge in [-0.2, -0.15) is 0 Å². The second-order valence-corrected chi connectivity index (χ2v) is 4.92. The van der Waals surface area contributed by atoms with Crippen LogP contribution in [0.4, 0.5) is 5.69 Å². The van der Waals surface area contributed by atoms with Gasteiger partial charge in [-0.15, -0.1) is 0 Å². The van der Waals surface area contributed by atoms with Crippen LogP contribution in [0.5, 0.6) is 0 Å². The van der Waals surface area contributed by atoms with Crippen molar-refractivity contribution in [2.24, 2.45) is 0 Å². The van der Waals surface area contributed by atoms with E-state index in [1.54, 1.807) is 0 Å². The Morgan fingerprint density at radius 3 is 2.08 bits per heavy atom. The molecule has 0 aliphatic heterocycles. The fraction of sp³-hybridized carbons (Fsp3) is 0.190. The largest absolute Gasteiger partial charge is 0.440 e. The molecule has 0 spiro atoms. The summed E-state index contributed by atoms with van der Waals surface area (Å²) in [5.74, 6) is 1.70. The second kappa shape index (κ2) is 9.36. The lowest BCUT2D eigenvalue weighted by molar-refractivity contribution is 0.533. The number of benzene rings is 2. The number of rotatable bonds is 2. The number of aromatic nitrogens is 1. The molecule has 4 rings (SSSR count). The van der Waals surface area contributed by atoms with E-state index in [1.165, 1.54) is 0 Å². The van der Waals surface area contributed by atoms with Gasteiger partial charge in [0.05, 0.1) is 0 Å². The molecule has 1 heterocycles. The van der Waals surface area contributed by atoms with Crippen LogP contribution in [0.15, 0.2) is 71.2 Å². The number of hydrogen-bond donors (Lipinski definition) is 1. The predicted molar refractivity (Wildman–Crippen MR) is 102 cm³/mol. The Morgan fingerprint density at radius 1 is 0.917 bits per heavy atom. The zero-order valence-electron chi connectivity index (χ0n) is 14.5. The van der Waals surface area contributed by atoms with E-state index in [4.69, 9.17) is 4.42 Å². The molecule has 2 aromatic carbocycles. The molecule has 3 heteroatoms. The molecular weight excluding hydrogens is 296 g/mol. The number of oxazole rings is 1. The van der Waals surface area contributed by atoms with Gasteiger partial charge < -0.3 is 9.73 Å². The van der Waals surface area contributed by atoms with E-state index in [-0.39, 0.29) is 0 Å². The molecule has 24 heavy (non-hydrogen) atoms. The topological polar surface area (TPSA) is 38.1 Å². The molecule has 1 N–H and O–H groups in total. The van der Waals surface area contributed by atoms with Crippen LogP contribution in [0.3, 0.4) is 0 Å². The average Bonchev–Trinajstić information content (AvgIpc) is 3.27. The molecule has 1 aliphatic rings. The minimum Gasteiger partial charge on any atom is -0.440 e. The van der Waals surface area contributed by atoms with Crippen LogP contribution in [0.1, 0.15) is 25.3 Å². The molecular formula is C21H24N2O. The Balaban J connectivity index is 0.000000179. The van der Waals surface area contributed by atoms with Gasteiger partial charge in [0.25, 0.3) is 0 Å². The van der Waals surface area contributed by atoms with E-state index in [0.29, 0.717) is 0 Å². The summed E-state index contributed by atoms with van der Waals surface area (Å²) in [6.07, 6.45) is 4.94. The van der Waals surface area contributed by atoms with Gasteiger partial charge in [0.1, 0.15) is 11.5 Å². The van der Waals surface area contributed by atoms with Crippen LogP contribution in [0, 0.1) is 0 Å². The van der Waals surface area contributed by atoms with E-state index < -0.39 is 0 Å². The third kappa shape index (κ3) is 4.59. The summed E-state index contributed by atoms with van der Waals surface area (Å²) in [5, 5.41) is 3.03. The Bertz CT molecular complexity index is 746. The van der Waals surface area contributed by atoms with Gasteiger partial charge in [-0.3, -0.25) is 0 Å². The van der Waals surface area contributed by atoms with E-state index in [2.05, 4.69) is 16.4 Å². The normalized spacial score (nSPS) is 10.8. The van der Waals surface area contributed by atoms with Crippen molar-refractivity contribution in [1.82, 2.24) is 4.98 Å². The van der Waals surface area contributed by atoms with Crippen LogP contribution in [0.25, 0.3) is 17.5 Å². The maximum Gasteiger partial charge on any atom is 0.226 e. The fourth-order valence-electron chi connectivity index (χ4n) is 2.23. The molecule has 0 radical (unpaired) electrons. The summed E-state index contributed by atoms with van der Waals surface area (Å²) in [6, 6.07) is 20.0. The van der Waals surface area contributed by atoms with Crippen molar-refractivity contribution in [3.05, 3.63) is 78.2 Å². The molecule has 124 valence electrons. The van der Waals surface area contributed by atoms with Crippen molar-refractivity contribution in [3.8, 4) is 11.5 Å². The molecule has 3 nitrogen and oxygen atoms in total. The minimum absolute atomic E-state index is 0.722. The van der Waals surface area contributed by atoms with Gasteiger partial charge in [-0.25, -0.2) is 4.98 Å². The monoisotopic (exact) mass is 320 g/mol. The summed E-state index contributed by atoms with van der Waals surface area (Å²) in [4.78, 5) is 4.41. The molecule has 1 aromatic heterocycles. The highest BCUT2D eigenvalue weighted by atomic mass is 16.4. The maximum absolute atomic E-state index is 5.64. The first-order valence-corrected chi connectivity index (χ1v) is 8.31. The highest BCUT2D eigenvalue weighted by molar-refractivity contribution is 5.60. The van der Waals surface area contributed by atoms with Gasteiger partial charge in [-0.05, 0) is 30.3 Å². The third-order valence-corrected chi connectivity index (χ3v) is 3.39. The molecule has 0 fully saturated rings. The second-order valence-electron chi connectivity index (χ2n) is 4.92. The summed E-state index contributed by atoms with van der Waals surface area (Å²) >= 11 is 0. The first-order chi connectivity index (χ1) is 11.9.